The molecule has 4 aromatic rings. The average Bonchev–Trinajstić information content (AvgIpc) is 3.29. The number of pyridine rings is 1. The summed E-state index contributed by atoms with van der Waals surface area (Å²) in [6, 6.07) is 21.7. The molecular formula is C25H24N6O2. The first-order valence-corrected chi connectivity index (χ1v) is 11.0. The molecule has 0 spiro atoms. The zero-order valence-corrected chi connectivity index (χ0v) is 18.0. The number of carbonyl (C=O) groups excluding carboxylic acids is 2. The van der Waals surface area contributed by atoms with E-state index in [2.05, 4.69) is 20.8 Å². The van der Waals surface area contributed by atoms with E-state index in [1.807, 2.05) is 64.0 Å². The normalized spacial score (nSPS) is 15.9. The second-order valence-electron chi connectivity index (χ2n) is 8.10. The van der Waals surface area contributed by atoms with Gasteiger partial charge < -0.3 is 15.5 Å². The number of carbonyl (C=O) groups is 2. The third-order valence-electron chi connectivity index (χ3n) is 5.84. The number of piperidine rings is 1. The Kier molecular flexibility index (Phi) is 5.72. The number of amides is 3. The van der Waals surface area contributed by atoms with Crippen molar-refractivity contribution >= 4 is 29.0 Å². The van der Waals surface area contributed by atoms with Crippen molar-refractivity contribution in [1.82, 2.24) is 19.5 Å². The van der Waals surface area contributed by atoms with Gasteiger partial charge >= 0.3 is 6.03 Å². The van der Waals surface area contributed by atoms with Gasteiger partial charge in [-0.05, 0) is 61.4 Å². The summed E-state index contributed by atoms with van der Waals surface area (Å²) >= 11 is 0. The lowest BCUT2D eigenvalue weighted by atomic mass is 9.96. The van der Waals surface area contributed by atoms with Gasteiger partial charge in [0, 0.05) is 42.1 Å². The van der Waals surface area contributed by atoms with E-state index in [1.54, 1.807) is 24.3 Å². The molecule has 0 bridgehead atoms. The minimum absolute atomic E-state index is 0.0196. The Labute approximate surface area is 191 Å². The monoisotopic (exact) mass is 440 g/mol. The molecule has 2 aromatic heterocycles. The maximum absolute atomic E-state index is 13.1. The molecule has 3 amide bonds. The van der Waals surface area contributed by atoms with Gasteiger partial charge in [-0.2, -0.15) is 0 Å². The second kappa shape index (κ2) is 9.12. The number of para-hydroxylation sites is 1. The second-order valence-corrected chi connectivity index (χ2v) is 8.10. The van der Waals surface area contributed by atoms with E-state index >= 15 is 0 Å². The standard InChI is InChI=1S/C25H24N6O2/c32-24(18-11-13-21(14-12-18)27-25(33)26-20-8-2-1-3-9-20)30-15-6-7-19(17-30)23-29-28-22-10-4-5-16-31(22)23/h1-5,8-14,16,19H,6-7,15,17H2,(H2,26,27,33). The smallest absolute Gasteiger partial charge is 0.323 e. The van der Waals surface area contributed by atoms with Crippen LogP contribution in [0.1, 0.15) is 34.9 Å². The van der Waals surface area contributed by atoms with E-state index in [4.69, 9.17) is 0 Å². The lowest BCUT2D eigenvalue weighted by Crippen LogP contribution is -2.39. The molecule has 1 unspecified atom stereocenters. The Morgan fingerprint density at radius 1 is 0.848 bits per heavy atom. The highest BCUT2D eigenvalue weighted by Gasteiger charge is 2.28. The molecule has 0 aliphatic carbocycles. The van der Waals surface area contributed by atoms with Crippen LogP contribution < -0.4 is 10.6 Å². The van der Waals surface area contributed by atoms with Crippen LogP contribution in [0.4, 0.5) is 16.2 Å². The Hall–Kier alpha value is -4.20. The maximum atomic E-state index is 13.1. The lowest BCUT2D eigenvalue weighted by molar-refractivity contribution is 0.0704. The maximum Gasteiger partial charge on any atom is 0.323 e. The third kappa shape index (κ3) is 4.55. The molecule has 1 saturated heterocycles. The molecule has 1 fully saturated rings. The first kappa shape index (κ1) is 20.7. The van der Waals surface area contributed by atoms with Crippen molar-refractivity contribution in [3.63, 3.8) is 0 Å². The predicted octanol–water partition coefficient (Wildman–Crippen LogP) is 4.39. The molecular weight excluding hydrogens is 416 g/mol. The van der Waals surface area contributed by atoms with Crippen LogP contribution in [0.15, 0.2) is 79.0 Å². The van der Waals surface area contributed by atoms with Crippen molar-refractivity contribution in [2.24, 2.45) is 0 Å². The van der Waals surface area contributed by atoms with Crippen LogP contribution in [0.25, 0.3) is 5.65 Å². The quantitative estimate of drug-likeness (QED) is 0.492. The van der Waals surface area contributed by atoms with Crippen LogP contribution in [-0.4, -0.2) is 44.5 Å². The molecule has 8 nitrogen and oxygen atoms in total. The SMILES string of the molecule is O=C(Nc1ccccc1)Nc1ccc(C(=O)N2CCCC(c3nnc4ccccn34)C2)cc1. The molecule has 2 aromatic carbocycles. The summed E-state index contributed by atoms with van der Waals surface area (Å²) < 4.78 is 2.00. The fourth-order valence-electron chi connectivity index (χ4n) is 4.20. The van der Waals surface area contributed by atoms with Crippen LogP contribution >= 0.6 is 0 Å². The highest BCUT2D eigenvalue weighted by molar-refractivity contribution is 6.00. The number of hydrogen-bond acceptors (Lipinski definition) is 4. The molecule has 3 heterocycles. The van der Waals surface area contributed by atoms with Crippen molar-refractivity contribution in [1.29, 1.82) is 0 Å². The lowest BCUT2D eigenvalue weighted by Gasteiger charge is -2.32. The minimum atomic E-state index is -0.334. The number of hydrogen-bond donors (Lipinski definition) is 2. The highest BCUT2D eigenvalue weighted by Crippen LogP contribution is 2.27. The number of aromatic nitrogens is 3. The number of fused-ring (bicyclic) bond motifs is 1. The van der Waals surface area contributed by atoms with Gasteiger partial charge in [-0.25, -0.2) is 4.79 Å². The largest absolute Gasteiger partial charge is 0.338 e. The Morgan fingerprint density at radius 2 is 1.58 bits per heavy atom. The number of nitrogens with one attached hydrogen (secondary N) is 2. The van der Waals surface area contributed by atoms with E-state index in [0.717, 1.165) is 24.3 Å². The van der Waals surface area contributed by atoms with Gasteiger partial charge in [-0.1, -0.05) is 24.3 Å². The number of likely N-dealkylation sites (tertiary alicyclic amines) is 1. The number of nitrogens with zero attached hydrogens (tertiary/aromatic N) is 4. The summed E-state index contributed by atoms with van der Waals surface area (Å²) in [4.78, 5) is 27.2. The summed E-state index contributed by atoms with van der Waals surface area (Å²) in [5, 5.41) is 14.2. The van der Waals surface area contributed by atoms with E-state index in [0.29, 0.717) is 30.0 Å². The van der Waals surface area contributed by atoms with Crippen molar-refractivity contribution in [3.8, 4) is 0 Å². The van der Waals surface area contributed by atoms with Gasteiger partial charge in [0.25, 0.3) is 5.91 Å². The number of urea groups is 1. The highest BCUT2D eigenvalue weighted by atomic mass is 16.2. The Bertz CT molecular complexity index is 1270. The fourth-order valence-corrected chi connectivity index (χ4v) is 4.20. The summed E-state index contributed by atoms with van der Waals surface area (Å²) in [5.41, 5.74) is 2.74. The van der Waals surface area contributed by atoms with Crippen molar-refractivity contribution in [2.45, 2.75) is 18.8 Å². The van der Waals surface area contributed by atoms with Gasteiger partial charge in [-0.3, -0.25) is 9.20 Å². The van der Waals surface area contributed by atoms with Gasteiger partial charge in [0.2, 0.25) is 0 Å². The van der Waals surface area contributed by atoms with Gasteiger partial charge in [-0.15, -0.1) is 10.2 Å². The zero-order chi connectivity index (χ0) is 22.6. The summed E-state index contributed by atoms with van der Waals surface area (Å²) in [7, 11) is 0. The number of rotatable bonds is 4. The van der Waals surface area contributed by atoms with Gasteiger partial charge in [0.1, 0.15) is 5.82 Å². The van der Waals surface area contributed by atoms with E-state index in [-0.39, 0.29) is 17.9 Å². The molecule has 5 rings (SSSR count). The van der Waals surface area contributed by atoms with Crippen molar-refractivity contribution < 1.29 is 9.59 Å². The Balaban J connectivity index is 1.23. The average molecular weight is 441 g/mol. The zero-order valence-electron chi connectivity index (χ0n) is 18.0. The molecule has 33 heavy (non-hydrogen) atoms. The fraction of sp³-hybridized carbons (Fsp3) is 0.200. The van der Waals surface area contributed by atoms with E-state index in [1.165, 1.54) is 0 Å². The van der Waals surface area contributed by atoms with E-state index < -0.39 is 0 Å². The topological polar surface area (TPSA) is 91.6 Å². The molecule has 0 radical (unpaired) electrons. The molecule has 1 aliphatic rings. The summed E-state index contributed by atoms with van der Waals surface area (Å²) in [5.74, 6) is 1.02. The van der Waals surface area contributed by atoms with Crippen LogP contribution in [-0.2, 0) is 0 Å². The molecule has 8 heteroatoms. The molecule has 2 N–H and O–H groups in total. The van der Waals surface area contributed by atoms with Gasteiger partial charge in [0.05, 0.1) is 0 Å². The van der Waals surface area contributed by atoms with E-state index in [9.17, 15) is 9.59 Å². The van der Waals surface area contributed by atoms with Crippen molar-refractivity contribution in [3.05, 3.63) is 90.4 Å². The summed E-state index contributed by atoms with van der Waals surface area (Å²) in [6.07, 6.45) is 3.85. The minimum Gasteiger partial charge on any atom is -0.338 e. The third-order valence-corrected chi connectivity index (χ3v) is 5.84. The van der Waals surface area contributed by atoms with Crippen LogP contribution in [0, 0.1) is 0 Å². The molecule has 1 atom stereocenters. The number of anilines is 2. The predicted molar refractivity (Wildman–Crippen MR) is 126 cm³/mol. The Morgan fingerprint density at radius 3 is 2.36 bits per heavy atom. The van der Waals surface area contributed by atoms with Crippen LogP contribution in [0.3, 0.4) is 0 Å². The first-order chi connectivity index (χ1) is 16.2. The van der Waals surface area contributed by atoms with Gasteiger partial charge in [0.15, 0.2) is 5.65 Å². The molecule has 166 valence electrons. The van der Waals surface area contributed by atoms with Crippen molar-refractivity contribution in [2.75, 3.05) is 23.7 Å². The molecule has 0 saturated carbocycles. The van der Waals surface area contributed by atoms with Crippen LogP contribution in [0.5, 0.6) is 0 Å². The summed E-state index contributed by atoms with van der Waals surface area (Å²) in [6.45, 7) is 1.32. The molecule has 1 aliphatic heterocycles. The first-order valence-electron chi connectivity index (χ1n) is 11.0. The number of benzene rings is 2. The van der Waals surface area contributed by atoms with Crippen LogP contribution in [0.2, 0.25) is 0 Å².